The summed E-state index contributed by atoms with van der Waals surface area (Å²) in [5, 5.41) is 0. The van der Waals surface area contributed by atoms with Gasteiger partial charge in [-0.3, -0.25) is 14.4 Å². The van der Waals surface area contributed by atoms with Gasteiger partial charge in [0.15, 0.2) is 0 Å². The molecule has 4 unspecified atom stereocenters. The maximum absolute atomic E-state index is 12.7. The standard InChI is InChI=1S/C33H40O5/c1-32(25-13-5-3-6-14-25,28-21-24-37-31(28)36)22-11-9-17-27(34)18-10-12-23-33(2,26-15-7-4-8-16-26)29-19-20-30(35)38-29/h3-8,13-16,21,24,28-29H,9-12,17-20,22-23H2,1-2H3. The van der Waals surface area contributed by atoms with E-state index in [0.717, 1.165) is 50.5 Å². The predicted octanol–water partition coefficient (Wildman–Crippen LogP) is 6.98. The van der Waals surface area contributed by atoms with Gasteiger partial charge >= 0.3 is 11.9 Å². The molecule has 2 aromatic rings. The van der Waals surface area contributed by atoms with Gasteiger partial charge in [-0.15, -0.1) is 0 Å². The Bertz CT molecular complexity index is 1120. The number of carbonyl (C=O) groups excluding carboxylic acids is 3. The van der Waals surface area contributed by atoms with E-state index in [1.165, 1.54) is 11.8 Å². The van der Waals surface area contributed by atoms with Crippen molar-refractivity contribution in [3.05, 3.63) is 84.1 Å². The first kappa shape index (κ1) is 27.8. The van der Waals surface area contributed by atoms with Gasteiger partial charge in [0.1, 0.15) is 11.9 Å². The molecule has 5 heteroatoms. The molecule has 1 fully saturated rings. The van der Waals surface area contributed by atoms with Crippen LogP contribution in [0.4, 0.5) is 0 Å². The Balaban J connectivity index is 1.24. The Morgan fingerprint density at radius 2 is 1.37 bits per heavy atom. The number of carbonyl (C=O) groups is 3. The molecule has 0 saturated carbocycles. The van der Waals surface area contributed by atoms with Crippen molar-refractivity contribution in [3.63, 3.8) is 0 Å². The van der Waals surface area contributed by atoms with E-state index < -0.39 is 0 Å². The van der Waals surface area contributed by atoms with E-state index in [1.54, 1.807) is 0 Å². The lowest BCUT2D eigenvalue weighted by Crippen LogP contribution is -2.36. The molecule has 38 heavy (non-hydrogen) atoms. The Labute approximate surface area is 226 Å². The van der Waals surface area contributed by atoms with Gasteiger partial charge in [0.05, 0.1) is 12.2 Å². The summed E-state index contributed by atoms with van der Waals surface area (Å²) in [6.07, 6.45) is 10.7. The van der Waals surface area contributed by atoms with E-state index in [9.17, 15) is 14.4 Å². The van der Waals surface area contributed by atoms with E-state index in [1.807, 2.05) is 42.5 Å². The second kappa shape index (κ2) is 12.6. The van der Waals surface area contributed by atoms with Crippen molar-refractivity contribution in [2.45, 2.75) is 95.0 Å². The highest BCUT2D eigenvalue weighted by Crippen LogP contribution is 2.41. The predicted molar refractivity (Wildman–Crippen MR) is 147 cm³/mol. The van der Waals surface area contributed by atoms with Crippen molar-refractivity contribution in [2.24, 2.45) is 5.92 Å². The minimum atomic E-state index is -0.361. The van der Waals surface area contributed by atoms with Gasteiger partial charge in [-0.25, -0.2) is 0 Å². The van der Waals surface area contributed by atoms with Crippen LogP contribution >= 0.6 is 0 Å². The quantitative estimate of drug-likeness (QED) is 0.200. The molecule has 0 aliphatic carbocycles. The monoisotopic (exact) mass is 516 g/mol. The molecule has 0 aromatic heterocycles. The van der Waals surface area contributed by atoms with Crippen molar-refractivity contribution >= 4 is 17.7 Å². The third kappa shape index (κ3) is 6.43. The molecule has 1 saturated heterocycles. The molecule has 2 aliphatic rings. The molecule has 4 atom stereocenters. The number of cyclic esters (lactones) is 2. The second-order valence-corrected chi connectivity index (χ2v) is 11.3. The van der Waals surface area contributed by atoms with Crippen molar-refractivity contribution in [2.75, 3.05) is 0 Å². The zero-order chi connectivity index (χ0) is 27.0. The van der Waals surface area contributed by atoms with Crippen LogP contribution in [0, 0.1) is 5.92 Å². The average Bonchev–Trinajstić information content (AvgIpc) is 3.58. The lowest BCUT2D eigenvalue weighted by atomic mass is 9.69. The van der Waals surface area contributed by atoms with Crippen LogP contribution in [-0.2, 0) is 34.7 Å². The average molecular weight is 517 g/mol. The minimum Gasteiger partial charge on any atom is -0.461 e. The van der Waals surface area contributed by atoms with Crippen LogP contribution < -0.4 is 0 Å². The summed E-state index contributed by atoms with van der Waals surface area (Å²) in [5.41, 5.74) is 1.71. The third-order valence-electron chi connectivity index (χ3n) is 8.66. The Morgan fingerprint density at radius 1 is 0.816 bits per heavy atom. The molecule has 2 aromatic carbocycles. The van der Waals surface area contributed by atoms with Crippen LogP contribution in [0.25, 0.3) is 0 Å². The molecule has 0 radical (unpaired) electrons. The van der Waals surface area contributed by atoms with Gasteiger partial charge in [0.25, 0.3) is 0 Å². The number of hydrogen-bond acceptors (Lipinski definition) is 5. The first-order chi connectivity index (χ1) is 18.3. The highest BCUT2D eigenvalue weighted by atomic mass is 16.6. The van der Waals surface area contributed by atoms with Gasteiger partial charge in [-0.1, -0.05) is 87.4 Å². The molecular weight excluding hydrogens is 476 g/mol. The van der Waals surface area contributed by atoms with Crippen LogP contribution in [0.5, 0.6) is 0 Å². The lowest BCUT2D eigenvalue weighted by molar-refractivity contribution is -0.144. The highest BCUT2D eigenvalue weighted by Gasteiger charge is 2.42. The zero-order valence-corrected chi connectivity index (χ0v) is 22.7. The lowest BCUT2D eigenvalue weighted by Gasteiger charge is -2.35. The Hall–Kier alpha value is -3.21. The molecular formula is C33H40O5. The maximum Gasteiger partial charge on any atom is 0.318 e. The minimum absolute atomic E-state index is 0.112. The number of ketones is 1. The van der Waals surface area contributed by atoms with Gasteiger partial charge in [0, 0.05) is 30.1 Å². The number of ether oxygens (including phenoxy) is 2. The van der Waals surface area contributed by atoms with Crippen molar-refractivity contribution in [1.29, 1.82) is 0 Å². The van der Waals surface area contributed by atoms with Crippen molar-refractivity contribution < 1.29 is 23.9 Å². The van der Waals surface area contributed by atoms with Crippen LogP contribution in [-0.4, -0.2) is 23.8 Å². The number of benzene rings is 2. The fourth-order valence-corrected chi connectivity index (χ4v) is 6.15. The molecule has 5 nitrogen and oxygen atoms in total. The summed E-state index contributed by atoms with van der Waals surface area (Å²) in [6, 6.07) is 20.4. The summed E-state index contributed by atoms with van der Waals surface area (Å²) >= 11 is 0. The third-order valence-corrected chi connectivity index (χ3v) is 8.66. The number of esters is 2. The van der Waals surface area contributed by atoms with Crippen LogP contribution in [0.3, 0.4) is 0 Å². The molecule has 0 N–H and O–H groups in total. The van der Waals surface area contributed by atoms with Crippen molar-refractivity contribution in [3.8, 4) is 0 Å². The first-order valence-corrected chi connectivity index (χ1v) is 14.0. The van der Waals surface area contributed by atoms with Gasteiger partial charge < -0.3 is 9.47 Å². The number of Topliss-reactive ketones (excluding diaryl/α,β-unsaturated/α-hetero) is 1. The summed E-state index contributed by atoms with van der Waals surface area (Å²) < 4.78 is 10.8. The maximum atomic E-state index is 12.7. The summed E-state index contributed by atoms with van der Waals surface area (Å²) in [5.74, 6) is -0.335. The summed E-state index contributed by atoms with van der Waals surface area (Å²) in [7, 11) is 0. The topological polar surface area (TPSA) is 69.7 Å². The molecule has 0 spiro atoms. The summed E-state index contributed by atoms with van der Waals surface area (Å²) in [4.78, 5) is 36.9. The van der Waals surface area contributed by atoms with Gasteiger partial charge in [-0.2, -0.15) is 0 Å². The number of rotatable bonds is 14. The molecule has 202 valence electrons. The molecule has 0 bridgehead atoms. The molecule has 2 aliphatic heterocycles. The highest BCUT2D eigenvalue weighted by molar-refractivity contribution is 5.79. The summed E-state index contributed by atoms with van der Waals surface area (Å²) in [6.45, 7) is 4.31. The van der Waals surface area contributed by atoms with E-state index in [2.05, 4.69) is 38.1 Å². The van der Waals surface area contributed by atoms with E-state index in [0.29, 0.717) is 25.0 Å². The van der Waals surface area contributed by atoms with E-state index >= 15 is 0 Å². The van der Waals surface area contributed by atoms with E-state index in [4.69, 9.17) is 9.47 Å². The van der Waals surface area contributed by atoms with Crippen LogP contribution in [0.1, 0.15) is 89.2 Å². The normalized spacial score (nSPS) is 21.9. The number of unbranched alkanes of at least 4 members (excludes halogenated alkanes) is 2. The second-order valence-electron chi connectivity index (χ2n) is 11.3. The molecule has 4 rings (SSSR count). The van der Waals surface area contributed by atoms with Crippen LogP contribution in [0.15, 0.2) is 73.0 Å². The Kier molecular flexibility index (Phi) is 9.19. The van der Waals surface area contributed by atoms with Gasteiger partial charge in [0.2, 0.25) is 0 Å². The molecule has 2 heterocycles. The van der Waals surface area contributed by atoms with Crippen molar-refractivity contribution in [1.82, 2.24) is 0 Å². The largest absolute Gasteiger partial charge is 0.461 e. The zero-order valence-electron chi connectivity index (χ0n) is 22.7. The Morgan fingerprint density at radius 3 is 1.87 bits per heavy atom. The SMILES string of the molecule is CC(CCCCC(=O)CCCCC(C)(c1ccccc1)C1C=COC1=O)(c1ccccc1)C1CCC(=O)O1. The van der Waals surface area contributed by atoms with Crippen LogP contribution in [0.2, 0.25) is 0 Å². The smallest absolute Gasteiger partial charge is 0.318 e. The fourth-order valence-electron chi connectivity index (χ4n) is 6.15. The number of hydrogen-bond donors (Lipinski definition) is 0. The first-order valence-electron chi connectivity index (χ1n) is 14.0. The fraction of sp³-hybridized carbons (Fsp3) is 0.485. The van der Waals surface area contributed by atoms with E-state index in [-0.39, 0.29) is 34.8 Å². The molecule has 0 amide bonds. The van der Waals surface area contributed by atoms with Gasteiger partial charge in [-0.05, 0) is 49.3 Å².